The maximum absolute atomic E-state index is 16.1. The van der Waals surface area contributed by atoms with Crippen LogP contribution in [0.3, 0.4) is 0 Å². The summed E-state index contributed by atoms with van der Waals surface area (Å²) in [5.41, 5.74) is 1.89. The van der Waals surface area contributed by atoms with Crippen molar-refractivity contribution in [1.29, 1.82) is 0 Å². The summed E-state index contributed by atoms with van der Waals surface area (Å²) in [5, 5.41) is 13.1. The van der Waals surface area contributed by atoms with Gasteiger partial charge in [0.25, 0.3) is 5.91 Å². The van der Waals surface area contributed by atoms with Crippen LogP contribution in [0.5, 0.6) is 5.75 Å². The van der Waals surface area contributed by atoms with Crippen LogP contribution < -0.4 is 15.3 Å². The number of amides is 1. The third kappa shape index (κ3) is 3.88. The van der Waals surface area contributed by atoms with Gasteiger partial charge < -0.3 is 19.6 Å². The highest BCUT2D eigenvalue weighted by Crippen LogP contribution is 2.52. The van der Waals surface area contributed by atoms with E-state index >= 15 is 8.78 Å². The Balaban J connectivity index is 1.42. The minimum absolute atomic E-state index is 0.0585. The number of ether oxygens (including phenoxy) is 1. The summed E-state index contributed by atoms with van der Waals surface area (Å²) in [6.45, 7) is 1.65. The molecule has 4 aliphatic heterocycles. The summed E-state index contributed by atoms with van der Waals surface area (Å²) < 4.78 is 38.5. The molecule has 3 atom stereocenters. The number of hydrogen-bond donors (Lipinski definition) is 1. The minimum Gasteiger partial charge on any atom is -0.502 e. The summed E-state index contributed by atoms with van der Waals surface area (Å²) in [6.07, 6.45) is 8.30. The molecule has 224 valence electrons. The second-order valence-corrected chi connectivity index (χ2v) is 12.7. The van der Waals surface area contributed by atoms with Crippen LogP contribution in [0.2, 0.25) is 0 Å². The summed E-state index contributed by atoms with van der Waals surface area (Å²) in [5.74, 6) is -2.83. The van der Waals surface area contributed by atoms with Crippen molar-refractivity contribution in [3.8, 4) is 5.75 Å². The topological polar surface area (TPSA) is 78.2 Å². The predicted octanol–water partition coefficient (Wildman–Crippen LogP) is 4.98. The van der Waals surface area contributed by atoms with Crippen LogP contribution in [-0.2, 0) is 4.74 Å². The number of aromatic hydroxyl groups is 1. The summed E-state index contributed by atoms with van der Waals surface area (Å²) >= 11 is 0. The third-order valence-electron chi connectivity index (χ3n) is 10.6. The number of para-hydroxylation sites is 1. The quantitative estimate of drug-likeness (QED) is 0.432. The zero-order valence-corrected chi connectivity index (χ0v) is 23.8. The number of halogens is 2. The molecular weight excluding hydrogens is 554 g/mol. The fraction of sp³-hybridized carbons (Fsp3) is 0.455. The molecule has 0 radical (unpaired) electrons. The maximum Gasteiger partial charge on any atom is 0.278 e. The van der Waals surface area contributed by atoms with E-state index in [1.807, 2.05) is 29.3 Å². The molecule has 2 aromatic carbocycles. The molecule has 5 aliphatic rings. The SMILES string of the molecule is O=C1c2c(O)c(=O)ccn2N(C2c3ccccc3N3CCOCC3c3c2ccc(F)c3F)C2CC3(CCCCC3)CCN12. The van der Waals surface area contributed by atoms with E-state index in [1.54, 1.807) is 15.6 Å². The van der Waals surface area contributed by atoms with Crippen molar-refractivity contribution in [3.63, 3.8) is 0 Å². The number of aromatic nitrogens is 1. The Morgan fingerprint density at radius 2 is 1.72 bits per heavy atom. The predicted molar refractivity (Wildman–Crippen MR) is 156 cm³/mol. The summed E-state index contributed by atoms with van der Waals surface area (Å²) in [7, 11) is 0. The zero-order valence-electron chi connectivity index (χ0n) is 23.8. The van der Waals surface area contributed by atoms with Crippen molar-refractivity contribution >= 4 is 11.6 Å². The molecule has 43 heavy (non-hydrogen) atoms. The second-order valence-electron chi connectivity index (χ2n) is 12.7. The molecule has 3 fully saturated rings. The molecule has 1 aromatic heterocycles. The van der Waals surface area contributed by atoms with Crippen molar-refractivity contribution in [3.05, 3.63) is 92.9 Å². The molecule has 2 saturated heterocycles. The van der Waals surface area contributed by atoms with Crippen LogP contribution in [-0.4, -0.2) is 53.1 Å². The average Bonchev–Trinajstić information content (AvgIpc) is 3.14. The van der Waals surface area contributed by atoms with Crippen molar-refractivity contribution < 1.29 is 23.4 Å². The largest absolute Gasteiger partial charge is 0.502 e. The summed E-state index contributed by atoms with van der Waals surface area (Å²) in [4.78, 5) is 30.6. The van der Waals surface area contributed by atoms with Crippen LogP contribution in [0, 0.1) is 17.0 Å². The van der Waals surface area contributed by atoms with E-state index in [1.165, 1.54) is 24.8 Å². The van der Waals surface area contributed by atoms with E-state index in [4.69, 9.17) is 4.74 Å². The molecule has 5 heterocycles. The second kappa shape index (κ2) is 9.80. The highest BCUT2D eigenvalue weighted by Gasteiger charge is 2.52. The molecule has 3 unspecified atom stereocenters. The molecule has 3 aromatic rings. The van der Waals surface area contributed by atoms with Crippen LogP contribution in [0.25, 0.3) is 0 Å². The first kappa shape index (κ1) is 26.7. The van der Waals surface area contributed by atoms with Crippen molar-refractivity contribution in [1.82, 2.24) is 9.58 Å². The Bertz CT molecular complexity index is 1690. The van der Waals surface area contributed by atoms with Crippen molar-refractivity contribution in [2.45, 2.75) is 63.2 Å². The Kier molecular flexibility index (Phi) is 6.08. The molecule has 10 heteroatoms. The van der Waals surface area contributed by atoms with E-state index < -0.39 is 41.1 Å². The lowest BCUT2D eigenvalue weighted by atomic mass is 9.67. The van der Waals surface area contributed by atoms with Crippen LogP contribution >= 0.6 is 0 Å². The highest BCUT2D eigenvalue weighted by molar-refractivity contribution is 5.96. The van der Waals surface area contributed by atoms with Gasteiger partial charge >= 0.3 is 0 Å². The Morgan fingerprint density at radius 1 is 0.907 bits per heavy atom. The van der Waals surface area contributed by atoms with Gasteiger partial charge in [-0.25, -0.2) is 8.78 Å². The van der Waals surface area contributed by atoms with E-state index in [0.29, 0.717) is 31.7 Å². The van der Waals surface area contributed by atoms with Gasteiger partial charge in [0.2, 0.25) is 5.43 Å². The monoisotopic (exact) mass is 588 g/mol. The lowest BCUT2D eigenvalue weighted by Crippen LogP contribution is -2.66. The Hall–Kier alpha value is -3.92. The maximum atomic E-state index is 16.1. The van der Waals surface area contributed by atoms with Crippen LogP contribution in [0.1, 0.15) is 84.2 Å². The zero-order chi connectivity index (χ0) is 29.5. The molecule has 1 amide bonds. The number of rotatable bonds is 1. The minimum atomic E-state index is -0.926. The number of fused-ring (bicyclic) bond motifs is 7. The number of nitrogens with zero attached hydrogens (tertiary/aromatic N) is 4. The molecule has 0 bridgehead atoms. The number of anilines is 1. The van der Waals surface area contributed by atoms with Gasteiger partial charge in [0.1, 0.15) is 12.2 Å². The molecule has 1 saturated carbocycles. The fourth-order valence-electron chi connectivity index (χ4n) is 8.54. The Morgan fingerprint density at radius 3 is 2.56 bits per heavy atom. The standard InChI is InChI=1S/C33H34F2N4O4/c34-22-9-8-21-27(28(22)35)24-19-43-17-16-36(24)23-7-3-2-6-20(23)29(21)39-26-18-33(11-4-1-5-12-33)13-15-37(26)32(42)30-31(41)25(40)10-14-38(30)39/h2-3,6-10,14,24,26,29,41H,1,4-5,11-13,15-19H2. The normalized spacial score (nSPS) is 25.8. The van der Waals surface area contributed by atoms with Gasteiger partial charge in [-0.2, -0.15) is 0 Å². The lowest BCUT2D eigenvalue weighted by molar-refractivity contribution is 0.00216. The van der Waals surface area contributed by atoms with Gasteiger partial charge in [0.05, 0.1) is 19.3 Å². The number of benzene rings is 2. The van der Waals surface area contributed by atoms with Crippen molar-refractivity contribution in [2.24, 2.45) is 5.41 Å². The Labute approximate surface area is 248 Å². The van der Waals surface area contributed by atoms with Gasteiger partial charge in [0, 0.05) is 42.2 Å². The van der Waals surface area contributed by atoms with Gasteiger partial charge in [0.15, 0.2) is 23.1 Å². The first-order valence-electron chi connectivity index (χ1n) is 15.3. The van der Waals surface area contributed by atoms with E-state index in [2.05, 4.69) is 4.90 Å². The first-order chi connectivity index (χ1) is 20.9. The molecule has 1 aliphatic carbocycles. The fourth-order valence-corrected chi connectivity index (χ4v) is 8.54. The number of morpholine rings is 1. The van der Waals surface area contributed by atoms with Crippen LogP contribution in [0.15, 0.2) is 53.5 Å². The molecule has 8 rings (SSSR count). The van der Waals surface area contributed by atoms with Gasteiger partial charge in [-0.15, -0.1) is 0 Å². The molecule has 1 spiro atoms. The van der Waals surface area contributed by atoms with Gasteiger partial charge in [-0.3, -0.25) is 19.3 Å². The first-order valence-corrected chi connectivity index (χ1v) is 15.3. The van der Waals surface area contributed by atoms with Crippen molar-refractivity contribution in [2.75, 3.05) is 36.2 Å². The summed E-state index contributed by atoms with van der Waals surface area (Å²) in [6, 6.07) is 10.8. The molecule has 8 nitrogen and oxygen atoms in total. The highest BCUT2D eigenvalue weighted by atomic mass is 19.2. The molecular formula is C33H34F2N4O4. The van der Waals surface area contributed by atoms with Crippen LogP contribution in [0.4, 0.5) is 14.5 Å². The number of hydrogen-bond acceptors (Lipinski definition) is 6. The van der Waals surface area contributed by atoms with E-state index in [9.17, 15) is 14.7 Å². The average molecular weight is 589 g/mol. The number of carbonyl (C=O) groups excluding carboxylic acids is 1. The number of piperidine rings is 1. The van der Waals surface area contributed by atoms with Gasteiger partial charge in [-0.05, 0) is 48.8 Å². The molecule has 1 N–H and O–H groups in total. The number of pyridine rings is 1. The van der Waals surface area contributed by atoms with E-state index in [0.717, 1.165) is 43.4 Å². The smallest absolute Gasteiger partial charge is 0.278 e. The lowest BCUT2D eigenvalue weighted by Gasteiger charge is -2.56. The number of carbonyl (C=O) groups is 1. The third-order valence-corrected chi connectivity index (χ3v) is 10.6. The van der Waals surface area contributed by atoms with Gasteiger partial charge in [-0.1, -0.05) is 43.5 Å². The van der Waals surface area contributed by atoms with E-state index in [-0.39, 0.29) is 29.2 Å².